The van der Waals surface area contributed by atoms with Gasteiger partial charge in [-0.1, -0.05) is 13.3 Å². The number of ether oxygens (including phenoxy) is 1. The van der Waals surface area contributed by atoms with Crippen LogP contribution in [0.2, 0.25) is 5.54 Å². The average molecular weight is 158 g/mol. The summed E-state index contributed by atoms with van der Waals surface area (Å²) in [5.74, 6) is 0. The van der Waals surface area contributed by atoms with Gasteiger partial charge in [0.05, 0.1) is 6.10 Å². The van der Waals surface area contributed by atoms with Gasteiger partial charge in [0.15, 0.2) is 0 Å². The van der Waals surface area contributed by atoms with Crippen molar-refractivity contribution in [3.63, 3.8) is 0 Å². The van der Waals surface area contributed by atoms with Crippen LogP contribution in [-0.4, -0.2) is 23.0 Å². The summed E-state index contributed by atoms with van der Waals surface area (Å²) in [4.78, 5) is 0. The number of rotatable bonds is 2. The zero-order valence-electron chi connectivity index (χ0n) is 7.10. The summed E-state index contributed by atoms with van der Waals surface area (Å²) >= 11 is 0. The van der Waals surface area contributed by atoms with Crippen LogP contribution in [0.4, 0.5) is 0 Å². The van der Waals surface area contributed by atoms with Crippen LogP contribution in [0, 0.1) is 0 Å². The quantitative estimate of drug-likeness (QED) is 0.547. The van der Waals surface area contributed by atoms with E-state index in [1.165, 1.54) is 35.9 Å². The summed E-state index contributed by atoms with van der Waals surface area (Å²) in [5.41, 5.74) is 0.939. The van der Waals surface area contributed by atoms with Crippen molar-refractivity contribution in [1.29, 1.82) is 0 Å². The predicted octanol–water partition coefficient (Wildman–Crippen LogP) is 1.12. The summed E-state index contributed by atoms with van der Waals surface area (Å²) in [6, 6.07) is 0. The molecule has 1 aliphatic heterocycles. The Balaban J connectivity index is 2.25. The molecule has 60 valence electrons. The van der Waals surface area contributed by atoms with Crippen LogP contribution in [0.15, 0.2) is 0 Å². The Hall–Kier alpha value is 0.177. The molecule has 2 heteroatoms. The molecule has 0 spiro atoms. The minimum absolute atomic E-state index is 0.630. The van der Waals surface area contributed by atoms with Crippen molar-refractivity contribution >= 4 is 10.2 Å². The maximum absolute atomic E-state index is 5.67. The monoisotopic (exact) mass is 158 g/mol. The summed E-state index contributed by atoms with van der Waals surface area (Å²) < 4.78 is 5.67. The van der Waals surface area contributed by atoms with Crippen molar-refractivity contribution in [2.75, 3.05) is 6.61 Å². The van der Waals surface area contributed by atoms with Crippen LogP contribution in [-0.2, 0) is 4.74 Å². The molecule has 1 aliphatic rings. The molecule has 0 bridgehead atoms. The fourth-order valence-electron chi connectivity index (χ4n) is 1.64. The van der Waals surface area contributed by atoms with E-state index in [0.717, 1.165) is 12.1 Å². The Bertz CT molecular complexity index is 93.3. The lowest BCUT2D eigenvalue weighted by Gasteiger charge is -2.28. The molecule has 0 aliphatic carbocycles. The first kappa shape index (κ1) is 8.28. The molecule has 2 unspecified atom stereocenters. The average Bonchev–Trinajstić information content (AvgIpc) is 1.94. The second-order valence-electron chi connectivity index (χ2n) is 3.32. The molecule has 1 rings (SSSR count). The Morgan fingerprint density at radius 2 is 2.40 bits per heavy atom. The molecule has 1 fully saturated rings. The first-order valence-electron chi connectivity index (χ1n) is 4.46. The van der Waals surface area contributed by atoms with Gasteiger partial charge in [-0.25, -0.2) is 0 Å². The highest BCUT2D eigenvalue weighted by Crippen LogP contribution is 2.25. The molecule has 0 aromatic carbocycles. The molecule has 2 atom stereocenters. The van der Waals surface area contributed by atoms with Gasteiger partial charge in [-0.05, 0) is 24.8 Å². The Kier molecular flexibility index (Phi) is 3.42. The first-order chi connectivity index (χ1) is 4.84. The van der Waals surface area contributed by atoms with Gasteiger partial charge in [0.2, 0.25) is 0 Å². The van der Waals surface area contributed by atoms with Gasteiger partial charge in [-0.3, -0.25) is 0 Å². The van der Waals surface area contributed by atoms with E-state index >= 15 is 0 Å². The highest BCUT2D eigenvalue weighted by atomic mass is 28.1. The van der Waals surface area contributed by atoms with Gasteiger partial charge in [-0.15, -0.1) is 0 Å². The molecular formula is C8H18OSi. The zero-order chi connectivity index (χ0) is 7.40. The Morgan fingerprint density at radius 1 is 1.60 bits per heavy atom. The fraction of sp³-hybridized carbons (Fsp3) is 1.00. The van der Waals surface area contributed by atoms with E-state index in [2.05, 4.69) is 6.92 Å². The highest BCUT2D eigenvalue weighted by Gasteiger charge is 2.20. The lowest BCUT2D eigenvalue weighted by atomic mass is 10.0. The first-order valence-corrected chi connectivity index (χ1v) is 5.61. The molecule has 0 aromatic heterocycles. The minimum atomic E-state index is 0.630. The van der Waals surface area contributed by atoms with Crippen LogP contribution >= 0.6 is 0 Å². The predicted molar refractivity (Wildman–Crippen MR) is 47.6 cm³/mol. The van der Waals surface area contributed by atoms with Gasteiger partial charge < -0.3 is 4.74 Å². The van der Waals surface area contributed by atoms with Crippen LogP contribution in [0.5, 0.6) is 0 Å². The number of hydrogen-bond acceptors (Lipinski definition) is 1. The molecule has 0 radical (unpaired) electrons. The topological polar surface area (TPSA) is 9.23 Å². The molecular weight excluding hydrogens is 140 g/mol. The third-order valence-electron chi connectivity index (χ3n) is 2.34. The zero-order valence-corrected chi connectivity index (χ0v) is 9.10. The molecule has 1 nitrogen and oxygen atoms in total. The normalized spacial score (nSPS) is 34.5. The van der Waals surface area contributed by atoms with E-state index in [1.807, 2.05) is 0 Å². The van der Waals surface area contributed by atoms with E-state index in [0.29, 0.717) is 6.10 Å². The van der Waals surface area contributed by atoms with E-state index in [1.54, 1.807) is 0 Å². The summed E-state index contributed by atoms with van der Waals surface area (Å²) in [6.45, 7) is 3.26. The van der Waals surface area contributed by atoms with Crippen LogP contribution in [0.25, 0.3) is 0 Å². The number of hydrogen-bond donors (Lipinski definition) is 0. The third-order valence-corrected chi connectivity index (χ3v) is 3.66. The molecule has 0 N–H and O–H groups in total. The van der Waals surface area contributed by atoms with Crippen LogP contribution in [0.1, 0.15) is 32.6 Å². The smallest absolute Gasteiger partial charge is 0.0571 e. The van der Waals surface area contributed by atoms with Crippen molar-refractivity contribution in [2.45, 2.75) is 44.3 Å². The van der Waals surface area contributed by atoms with Gasteiger partial charge in [0, 0.05) is 16.8 Å². The molecule has 1 saturated heterocycles. The van der Waals surface area contributed by atoms with Gasteiger partial charge in [-0.2, -0.15) is 0 Å². The van der Waals surface area contributed by atoms with E-state index in [4.69, 9.17) is 4.74 Å². The minimum Gasteiger partial charge on any atom is -0.378 e. The Labute approximate surface area is 66.6 Å². The molecule has 0 aromatic rings. The van der Waals surface area contributed by atoms with E-state index < -0.39 is 0 Å². The largest absolute Gasteiger partial charge is 0.378 e. The standard InChI is InChI=1S/C8H18OSi/c1-2-4-7-8(10)5-3-6-9-7/h7-8H,2-6H2,1,10H3. The lowest BCUT2D eigenvalue weighted by Crippen LogP contribution is -2.25. The van der Waals surface area contributed by atoms with Crippen molar-refractivity contribution in [3.8, 4) is 0 Å². The third kappa shape index (κ3) is 2.10. The summed E-state index contributed by atoms with van der Waals surface area (Å²) in [7, 11) is 1.32. The maximum atomic E-state index is 5.67. The summed E-state index contributed by atoms with van der Waals surface area (Å²) in [5, 5.41) is 0. The second kappa shape index (κ2) is 4.14. The molecule has 10 heavy (non-hydrogen) atoms. The van der Waals surface area contributed by atoms with Gasteiger partial charge >= 0.3 is 0 Å². The molecule has 0 amide bonds. The van der Waals surface area contributed by atoms with Crippen LogP contribution < -0.4 is 0 Å². The van der Waals surface area contributed by atoms with Crippen LogP contribution in [0.3, 0.4) is 0 Å². The maximum Gasteiger partial charge on any atom is 0.0571 e. The van der Waals surface area contributed by atoms with E-state index in [-0.39, 0.29) is 0 Å². The summed E-state index contributed by atoms with van der Waals surface area (Å²) in [6.07, 6.45) is 5.92. The lowest BCUT2D eigenvalue weighted by molar-refractivity contribution is 0.0118. The van der Waals surface area contributed by atoms with Crippen molar-refractivity contribution in [1.82, 2.24) is 0 Å². The van der Waals surface area contributed by atoms with Crippen molar-refractivity contribution < 1.29 is 4.74 Å². The molecule has 1 heterocycles. The van der Waals surface area contributed by atoms with Gasteiger partial charge in [0.1, 0.15) is 0 Å². The van der Waals surface area contributed by atoms with E-state index in [9.17, 15) is 0 Å². The Morgan fingerprint density at radius 3 is 3.00 bits per heavy atom. The highest BCUT2D eigenvalue weighted by molar-refractivity contribution is 6.12. The molecule has 0 saturated carbocycles. The van der Waals surface area contributed by atoms with Gasteiger partial charge in [0.25, 0.3) is 0 Å². The van der Waals surface area contributed by atoms with Crippen molar-refractivity contribution in [3.05, 3.63) is 0 Å². The SMILES string of the molecule is CCCC1OCCCC1[SiH3]. The fourth-order valence-corrected chi connectivity index (χ4v) is 2.58. The second-order valence-corrected chi connectivity index (χ2v) is 4.80. The van der Waals surface area contributed by atoms with Crippen molar-refractivity contribution in [2.24, 2.45) is 0 Å².